The zero-order chi connectivity index (χ0) is 13.4. The van der Waals surface area contributed by atoms with Crippen LogP contribution in [0.4, 0.5) is 0 Å². The van der Waals surface area contributed by atoms with Crippen LogP contribution in [0.3, 0.4) is 0 Å². The molecule has 0 saturated heterocycles. The first-order valence-corrected chi connectivity index (χ1v) is 7.51. The summed E-state index contributed by atoms with van der Waals surface area (Å²) in [6.07, 6.45) is 1.54. The second-order valence-corrected chi connectivity index (χ2v) is 5.63. The van der Waals surface area contributed by atoms with E-state index in [0.29, 0.717) is 25.4 Å². The molecule has 102 valence electrons. The van der Waals surface area contributed by atoms with Crippen LogP contribution in [0.5, 0.6) is 5.75 Å². The molecule has 1 aromatic carbocycles. The van der Waals surface area contributed by atoms with Crippen molar-refractivity contribution in [2.45, 2.75) is 24.7 Å². The summed E-state index contributed by atoms with van der Waals surface area (Å²) in [7, 11) is -3.39. The predicted octanol–water partition coefficient (Wildman–Crippen LogP) is 1.10. The molecule has 0 spiro atoms. The summed E-state index contributed by atoms with van der Waals surface area (Å²) in [5.74, 6) is 0.651. The van der Waals surface area contributed by atoms with E-state index in [-0.39, 0.29) is 4.90 Å². The van der Waals surface area contributed by atoms with E-state index in [2.05, 4.69) is 4.72 Å². The van der Waals surface area contributed by atoms with Gasteiger partial charge in [-0.2, -0.15) is 0 Å². The van der Waals surface area contributed by atoms with Crippen molar-refractivity contribution in [3.8, 4) is 5.75 Å². The van der Waals surface area contributed by atoms with Gasteiger partial charge in [0.05, 0.1) is 11.5 Å². The SMILES string of the molecule is CCCNS(=O)(=O)c1ccc(OCCCN)cc1. The molecule has 1 aromatic rings. The third-order valence-corrected chi connectivity index (χ3v) is 3.77. The van der Waals surface area contributed by atoms with Crippen LogP contribution >= 0.6 is 0 Å². The number of nitrogens with one attached hydrogen (secondary N) is 1. The quantitative estimate of drug-likeness (QED) is 0.694. The Hall–Kier alpha value is -1.11. The minimum atomic E-state index is -3.39. The lowest BCUT2D eigenvalue weighted by molar-refractivity contribution is 0.313. The van der Waals surface area contributed by atoms with Gasteiger partial charge in [-0.05, 0) is 43.7 Å². The van der Waals surface area contributed by atoms with Crippen LogP contribution in [0, 0.1) is 0 Å². The van der Waals surface area contributed by atoms with Crippen molar-refractivity contribution in [3.63, 3.8) is 0 Å². The average molecular weight is 272 g/mol. The largest absolute Gasteiger partial charge is 0.494 e. The van der Waals surface area contributed by atoms with Gasteiger partial charge < -0.3 is 10.5 Å². The molecule has 0 aliphatic rings. The molecule has 0 atom stereocenters. The van der Waals surface area contributed by atoms with Crippen molar-refractivity contribution in [3.05, 3.63) is 24.3 Å². The molecule has 18 heavy (non-hydrogen) atoms. The van der Waals surface area contributed by atoms with Gasteiger partial charge >= 0.3 is 0 Å². The highest BCUT2D eigenvalue weighted by Gasteiger charge is 2.12. The number of rotatable bonds is 8. The molecule has 6 heteroatoms. The normalized spacial score (nSPS) is 11.4. The molecule has 0 aliphatic heterocycles. The van der Waals surface area contributed by atoms with E-state index >= 15 is 0 Å². The minimum Gasteiger partial charge on any atom is -0.494 e. The van der Waals surface area contributed by atoms with Crippen LogP contribution < -0.4 is 15.2 Å². The number of ether oxygens (including phenoxy) is 1. The standard InChI is InChI=1S/C12H20N2O3S/c1-2-9-14-18(15,16)12-6-4-11(5-7-12)17-10-3-8-13/h4-7,14H,2-3,8-10,13H2,1H3. The molecule has 5 nitrogen and oxygen atoms in total. The Balaban J connectivity index is 2.64. The van der Waals surface area contributed by atoms with Crippen LogP contribution in [-0.4, -0.2) is 28.1 Å². The molecule has 0 unspecified atom stereocenters. The lowest BCUT2D eigenvalue weighted by Crippen LogP contribution is -2.24. The molecule has 1 rings (SSSR count). The number of nitrogens with two attached hydrogens (primary N) is 1. The number of hydrogen-bond donors (Lipinski definition) is 2. The van der Waals surface area contributed by atoms with Crippen molar-refractivity contribution >= 4 is 10.0 Å². The summed E-state index contributed by atoms with van der Waals surface area (Å²) in [6.45, 7) is 3.47. The Kier molecular flexibility index (Phi) is 6.11. The fraction of sp³-hybridized carbons (Fsp3) is 0.500. The topological polar surface area (TPSA) is 81.4 Å². The Morgan fingerprint density at radius 3 is 2.50 bits per heavy atom. The maximum atomic E-state index is 11.8. The minimum absolute atomic E-state index is 0.252. The zero-order valence-corrected chi connectivity index (χ0v) is 11.4. The molecule has 0 aromatic heterocycles. The molecule has 0 saturated carbocycles. The maximum Gasteiger partial charge on any atom is 0.240 e. The van der Waals surface area contributed by atoms with E-state index in [1.807, 2.05) is 6.92 Å². The van der Waals surface area contributed by atoms with Gasteiger partial charge in [-0.1, -0.05) is 6.92 Å². The number of sulfonamides is 1. The van der Waals surface area contributed by atoms with Crippen molar-refractivity contribution < 1.29 is 13.2 Å². The van der Waals surface area contributed by atoms with Crippen molar-refractivity contribution in [2.75, 3.05) is 19.7 Å². The van der Waals surface area contributed by atoms with Gasteiger partial charge in [-0.15, -0.1) is 0 Å². The third-order valence-electron chi connectivity index (χ3n) is 2.29. The first-order valence-electron chi connectivity index (χ1n) is 6.02. The van der Waals surface area contributed by atoms with Crippen LogP contribution in [0.15, 0.2) is 29.2 Å². The molecule has 0 bridgehead atoms. The summed E-state index contributed by atoms with van der Waals surface area (Å²) >= 11 is 0. The summed E-state index contributed by atoms with van der Waals surface area (Å²) in [5.41, 5.74) is 5.35. The zero-order valence-electron chi connectivity index (χ0n) is 10.6. The van der Waals surface area contributed by atoms with Gasteiger partial charge in [-0.3, -0.25) is 0 Å². The van der Waals surface area contributed by atoms with Crippen LogP contribution in [-0.2, 0) is 10.0 Å². The first kappa shape index (κ1) is 14.9. The molecule has 3 N–H and O–H groups in total. The van der Waals surface area contributed by atoms with E-state index in [1.54, 1.807) is 12.1 Å². The lowest BCUT2D eigenvalue weighted by Gasteiger charge is -2.08. The van der Waals surface area contributed by atoms with Crippen molar-refractivity contribution in [2.24, 2.45) is 5.73 Å². The summed E-state index contributed by atoms with van der Waals surface area (Å²) in [5, 5.41) is 0. The van der Waals surface area contributed by atoms with E-state index < -0.39 is 10.0 Å². The van der Waals surface area contributed by atoms with Gasteiger partial charge in [0.2, 0.25) is 10.0 Å². The lowest BCUT2D eigenvalue weighted by atomic mass is 10.3. The molecule has 0 radical (unpaired) electrons. The monoisotopic (exact) mass is 272 g/mol. The fourth-order valence-corrected chi connectivity index (χ4v) is 2.44. The van der Waals surface area contributed by atoms with E-state index in [1.165, 1.54) is 12.1 Å². The number of hydrogen-bond acceptors (Lipinski definition) is 4. The van der Waals surface area contributed by atoms with E-state index in [4.69, 9.17) is 10.5 Å². The first-order chi connectivity index (χ1) is 8.60. The Morgan fingerprint density at radius 1 is 1.28 bits per heavy atom. The summed E-state index contributed by atoms with van der Waals surface area (Å²) in [6, 6.07) is 6.37. The summed E-state index contributed by atoms with van der Waals surface area (Å²) < 4.78 is 31.5. The second-order valence-electron chi connectivity index (χ2n) is 3.86. The highest BCUT2D eigenvalue weighted by atomic mass is 32.2. The summed E-state index contributed by atoms with van der Waals surface area (Å²) in [4.78, 5) is 0.252. The Labute approximate surface area is 108 Å². The van der Waals surface area contributed by atoms with Crippen LogP contribution in [0.1, 0.15) is 19.8 Å². The molecule has 0 amide bonds. The maximum absolute atomic E-state index is 11.8. The molecule has 0 aliphatic carbocycles. The Morgan fingerprint density at radius 2 is 1.94 bits per heavy atom. The van der Waals surface area contributed by atoms with Gasteiger partial charge in [0.25, 0.3) is 0 Å². The van der Waals surface area contributed by atoms with Crippen LogP contribution in [0.2, 0.25) is 0 Å². The molecule has 0 fully saturated rings. The predicted molar refractivity (Wildman–Crippen MR) is 71.1 cm³/mol. The average Bonchev–Trinajstić information content (AvgIpc) is 2.37. The van der Waals surface area contributed by atoms with E-state index in [0.717, 1.165) is 12.8 Å². The highest BCUT2D eigenvalue weighted by Crippen LogP contribution is 2.15. The van der Waals surface area contributed by atoms with Gasteiger partial charge in [0.1, 0.15) is 5.75 Å². The second kappa shape index (κ2) is 7.35. The van der Waals surface area contributed by atoms with Crippen molar-refractivity contribution in [1.82, 2.24) is 4.72 Å². The van der Waals surface area contributed by atoms with Crippen LogP contribution in [0.25, 0.3) is 0 Å². The molecular formula is C12H20N2O3S. The van der Waals surface area contributed by atoms with Gasteiger partial charge in [0, 0.05) is 6.54 Å². The van der Waals surface area contributed by atoms with Gasteiger partial charge in [-0.25, -0.2) is 13.1 Å². The van der Waals surface area contributed by atoms with Gasteiger partial charge in [0.15, 0.2) is 0 Å². The van der Waals surface area contributed by atoms with E-state index in [9.17, 15) is 8.42 Å². The third kappa shape index (κ3) is 4.64. The Bertz CT molecular complexity index is 443. The van der Waals surface area contributed by atoms with Crippen molar-refractivity contribution in [1.29, 1.82) is 0 Å². The number of benzene rings is 1. The highest BCUT2D eigenvalue weighted by molar-refractivity contribution is 7.89. The molecular weight excluding hydrogens is 252 g/mol. The molecule has 0 heterocycles. The smallest absolute Gasteiger partial charge is 0.240 e. The fourth-order valence-electron chi connectivity index (χ4n) is 1.31.